The summed E-state index contributed by atoms with van der Waals surface area (Å²) in [6.45, 7) is 10.6. The van der Waals surface area contributed by atoms with Gasteiger partial charge < -0.3 is 9.47 Å². The molecule has 22 heavy (non-hydrogen) atoms. The lowest BCUT2D eigenvalue weighted by Crippen LogP contribution is -2.28. The maximum Gasteiger partial charge on any atom is 0.412 e. The van der Waals surface area contributed by atoms with E-state index in [9.17, 15) is 9.59 Å². The average Bonchev–Trinajstić information content (AvgIpc) is 2.22. The van der Waals surface area contributed by atoms with Gasteiger partial charge >= 0.3 is 12.2 Å². The molecule has 0 saturated heterocycles. The van der Waals surface area contributed by atoms with Gasteiger partial charge in [-0.25, -0.2) is 9.59 Å². The van der Waals surface area contributed by atoms with Crippen molar-refractivity contribution < 1.29 is 19.1 Å². The molecular formula is C15H23N3O4. The second-order valence-electron chi connectivity index (χ2n) is 6.72. The summed E-state index contributed by atoms with van der Waals surface area (Å²) in [5.41, 5.74) is -0.376. The number of pyridine rings is 1. The fraction of sp³-hybridized carbons (Fsp3) is 0.533. The number of carbonyl (C=O) groups is 2. The van der Waals surface area contributed by atoms with E-state index in [1.54, 1.807) is 47.6 Å². The van der Waals surface area contributed by atoms with Crippen molar-refractivity contribution in [3.8, 4) is 0 Å². The van der Waals surface area contributed by atoms with Crippen LogP contribution in [0, 0.1) is 0 Å². The van der Waals surface area contributed by atoms with Crippen LogP contribution in [0.25, 0.3) is 0 Å². The van der Waals surface area contributed by atoms with Crippen molar-refractivity contribution in [3.05, 3.63) is 18.5 Å². The number of hydrogen-bond donors (Lipinski definition) is 2. The highest BCUT2D eigenvalue weighted by atomic mass is 16.6. The van der Waals surface area contributed by atoms with Crippen molar-refractivity contribution in [1.29, 1.82) is 0 Å². The highest BCUT2D eigenvalue weighted by Crippen LogP contribution is 2.16. The Morgan fingerprint density at radius 2 is 1.23 bits per heavy atom. The first kappa shape index (κ1) is 17.7. The summed E-state index contributed by atoms with van der Waals surface area (Å²) in [6, 6.07) is 1.56. The maximum atomic E-state index is 11.7. The van der Waals surface area contributed by atoms with Crippen LogP contribution in [0.5, 0.6) is 0 Å². The molecular weight excluding hydrogens is 286 g/mol. The Kier molecular flexibility index (Phi) is 5.35. The number of hydrogen-bond acceptors (Lipinski definition) is 5. The van der Waals surface area contributed by atoms with Crippen LogP contribution in [0.2, 0.25) is 0 Å². The van der Waals surface area contributed by atoms with Crippen molar-refractivity contribution in [2.45, 2.75) is 52.7 Å². The number of ether oxygens (including phenoxy) is 2. The first-order valence-electron chi connectivity index (χ1n) is 6.90. The molecule has 0 aliphatic heterocycles. The number of aromatic nitrogens is 1. The molecule has 0 fully saturated rings. The first-order valence-corrected chi connectivity index (χ1v) is 6.90. The van der Waals surface area contributed by atoms with Crippen LogP contribution >= 0.6 is 0 Å². The van der Waals surface area contributed by atoms with Crippen molar-refractivity contribution in [2.75, 3.05) is 10.6 Å². The van der Waals surface area contributed by atoms with Gasteiger partial charge in [0.2, 0.25) is 0 Å². The van der Waals surface area contributed by atoms with E-state index in [2.05, 4.69) is 15.6 Å². The highest BCUT2D eigenvalue weighted by molar-refractivity contribution is 5.88. The molecule has 0 unspecified atom stereocenters. The largest absolute Gasteiger partial charge is 0.444 e. The summed E-state index contributed by atoms with van der Waals surface area (Å²) < 4.78 is 10.3. The second kappa shape index (κ2) is 6.64. The second-order valence-corrected chi connectivity index (χ2v) is 6.72. The van der Waals surface area contributed by atoms with E-state index in [1.807, 2.05) is 0 Å². The van der Waals surface area contributed by atoms with Crippen molar-refractivity contribution in [3.63, 3.8) is 0 Å². The first-order chi connectivity index (χ1) is 9.94. The van der Waals surface area contributed by atoms with Gasteiger partial charge in [-0.2, -0.15) is 0 Å². The molecule has 0 aliphatic rings. The molecule has 0 radical (unpaired) electrons. The molecule has 2 N–H and O–H groups in total. The Bertz CT molecular complexity index is 499. The molecule has 0 saturated carbocycles. The molecule has 0 spiro atoms. The predicted molar refractivity (Wildman–Crippen MR) is 84.0 cm³/mol. The molecule has 0 aliphatic carbocycles. The minimum absolute atomic E-state index is 0.405. The maximum absolute atomic E-state index is 11.7. The summed E-state index contributed by atoms with van der Waals surface area (Å²) in [5, 5.41) is 5.09. The fourth-order valence-electron chi connectivity index (χ4n) is 1.42. The Morgan fingerprint density at radius 3 is 1.55 bits per heavy atom. The third-order valence-corrected chi connectivity index (χ3v) is 2.03. The van der Waals surface area contributed by atoms with Gasteiger partial charge in [-0.3, -0.25) is 15.6 Å². The number of anilines is 2. The minimum Gasteiger partial charge on any atom is -0.444 e. The molecule has 0 aromatic carbocycles. The molecule has 1 aromatic rings. The van der Waals surface area contributed by atoms with E-state index in [1.165, 1.54) is 12.4 Å². The predicted octanol–water partition coefficient (Wildman–Crippen LogP) is 3.78. The van der Waals surface area contributed by atoms with Crippen LogP contribution in [-0.2, 0) is 9.47 Å². The number of carbonyl (C=O) groups excluding carboxylic acids is 2. The Hall–Kier alpha value is -2.31. The lowest BCUT2D eigenvalue weighted by Gasteiger charge is -2.20. The van der Waals surface area contributed by atoms with E-state index in [0.29, 0.717) is 11.4 Å². The van der Waals surface area contributed by atoms with E-state index in [4.69, 9.17) is 9.47 Å². The number of rotatable bonds is 2. The molecule has 122 valence electrons. The zero-order valence-electron chi connectivity index (χ0n) is 13.8. The van der Waals surface area contributed by atoms with Crippen LogP contribution in [0.3, 0.4) is 0 Å². The summed E-state index contributed by atoms with van der Waals surface area (Å²) in [6.07, 6.45) is 1.71. The summed E-state index contributed by atoms with van der Waals surface area (Å²) in [4.78, 5) is 27.3. The smallest absolute Gasteiger partial charge is 0.412 e. The minimum atomic E-state index is -0.594. The molecule has 0 atom stereocenters. The van der Waals surface area contributed by atoms with Gasteiger partial charge in [0.25, 0.3) is 0 Å². The van der Waals surface area contributed by atoms with Gasteiger partial charge in [-0.1, -0.05) is 0 Å². The van der Waals surface area contributed by atoms with E-state index < -0.39 is 23.4 Å². The SMILES string of the molecule is CC(C)(C)OC(=O)Nc1cncc(NC(=O)OC(C)(C)C)c1. The van der Waals surface area contributed by atoms with Crippen LogP contribution in [0.4, 0.5) is 21.0 Å². The van der Waals surface area contributed by atoms with Crippen molar-refractivity contribution >= 4 is 23.6 Å². The number of amides is 2. The molecule has 1 heterocycles. The molecule has 1 aromatic heterocycles. The molecule has 7 nitrogen and oxygen atoms in total. The van der Waals surface area contributed by atoms with Crippen molar-refractivity contribution in [1.82, 2.24) is 4.98 Å². The fourth-order valence-corrected chi connectivity index (χ4v) is 1.42. The molecule has 2 amide bonds. The molecule has 0 bridgehead atoms. The summed E-state index contributed by atoms with van der Waals surface area (Å²) in [7, 11) is 0. The number of nitrogens with one attached hydrogen (secondary N) is 2. The van der Waals surface area contributed by atoms with Gasteiger partial charge in [0, 0.05) is 0 Å². The van der Waals surface area contributed by atoms with E-state index in [-0.39, 0.29) is 0 Å². The third kappa shape index (κ3) is 7.47. The third-order valence-electron chi connectivity index (χ3n) is 2.03. The number of nitrogens with zero attached hydrogens (tertiary/aromatic N) is 1. The quantitative estimate of drug-likeness (QED) is 0.867. The van der Waals surface area contributed by atoms with Gasteiger partial charge in [-0.05, 0) is 47.6 Å². The van der Waals surface area contributed by atoms with Gasteiger partial charge in [0.15, 0.2) is 0 Å². The van der Waals surface area contributed by atoms with E-state index >= 15 is 0 Å². The van der Waals surface area contributed by atoms with E-state index in [0.717, 1.165) is 0 Å². The van der Waals surface area contributed by atoms with Crippen LogP contribution in [-0.4, -0.2) is 28.4 Å². The van der Waals surface area contributed by atoms with Gasteiger partial charge in [0.1, 0.15) is 11.2 Å². The topological polar surface area (TPSA) is 89.5 Å². The summed E-state index contributed by atoms with van der Waals surface area (Å²) in [5.74, 6) is 0. The highest BCUT2D eigenvalue weighted by Gasteiger charge is 2.18. The monoisotopic (exact) mass is 309 g/mol. The van der Waals surface area contributed by atoms with Crippen LogP contribution in [0.15, 0.2) is 18.5 Å². The summed E-state index contributed by atoms with van der Waals surface area (Å²) >= 11 is 0. The van der Waals surface area contributed by atoms with Crippen LogP contribution in [0.1, 0.15) is 41.5 Å². The van der Waals surface area contributed by atoms with Gasteiger partial charge in [-0.15, -0.1) is 0 Å². The normalized spacial score (nSPS) is 11.5. The Balaban J connectivity index is 2.66. The Labute approximate surface area is 130 Å². The lowest BCUT2D eigenvalue weighted by molar-refractivity contribution is 0.0625. The standard InChI is InChI=1S/C15H23N3O4/c1-14(2,3)21-12(19)17-10-7-11(9-16-8-10)18-13(20)22-15(4,5)6/h7-9H,1-6H3,(H,17,19)(H,18,20). The van der Waals surface area contributed by atoms with Gasteiger partial charge in [0.05, 0.1) is 23.8 Å². The molecule has 7 heteroatoms. The Morgan fingerprint density at radius 1 is 0.864 bits per heavy atom. The average molecular weight is 309 g/mol. The zero-order chi connectivity index (χ0) is 17.0. The van der Waals surface area contributed by atoms with Crippen LogP contribution < -0.4 is 10.6 Å². The zero-order valence-corrected chi connectivity index (χ0v) is 13.8. The lowest BCUT2D eigenvalue weighted by atomic mass is 10.2. The molecule has 1 rings (SSSR count). The van der Waals surface area contributed by atoms with Crippen molar-refractivity contribution in [2.24, 2.45) is 0 Å².